The van der Waals surface area contributed by atoms with Crippen molar-refractivity contribution in [3.05, 3.63) is 34.4 Å². The molecule has 1 heterocycles. The Kier molecular flexibility index (Phi) is 3.43. The van der Waals surface area contributed by atoms with Crippen molar-refractivity contribution in [1.29, 1.82) is 0 Å². The summed E-state index contributed by atoms with van der Waals surface area (Å²) in [5.41, 5.74) is 2.31. The maximum Gasteiger partial charge on any atom is 0.271 e. The molecule has 1 fully saturated rings. The molecule has 100 valence electrons. The standard InChI is InChI=1S/C11H12N4O4/c12-13-11(17)7-4-10(16)14(6-7)8-2-1-3-9(5-8)15(18)19/h1-3,5,7H,4,6,12H2,(H,13,17). The minimum Gasteiger partial charge on any atom is -0.311 e. The van der Waals surface area contributed by atoms with E-state index in [9.17, 15) is 19.7 Å². The molecular formula is C11H12N4O4. The molecule has 8 heteroatoms. The van der Waals surface area contributed by atoms with Crippen LogP contribution in [-0.4, -0.2) is 23.3 Å². The molecule has 0 aliphatic carbocycles. The maximum absolute atomic E-state index is 11.8. The molecule has 2 amide bonds. The number of nitrogens with one attached hydrogen (secondary N) is 1. The van der Waals surface area contributed by atoms with E-state index in [0.29, 0.717) is 5.69 Å². The van der Waals surface area contributed by atoms with Gasteiger partial charge in [0.15, 0.2) is 0 Å². The number of hydrazine groups is 1. The number of nitrogens with two attached hydrogens (primary N) is 1. The van der Waals surface area contributed by atoms with E-state index < -0.39 is 16.7 Å². The van der Waals surface area contributed by atoms with Crippen LogP contribution < -0.4 is 16.2 Å². The summed E-state index contributed by atoms with van der Waals surface area (Å²) in [5.74, 6) is 3.82. The minimum atomic E-state index is -0.534. The average Bonchev–Trinajstić information content (AvgIpc) is 2.80. The fraction of sp³-hybridized carbons (Fsp3) is 0.273. The average molecular weight is 264 g/mol. The fourth-order valence-corrected chi connectivity index (χ4v) is 2.03. The molecule has 0 aromatic heterocycles. The second-order valence-electron chi connectivity index (χ2n) is 4.19. The number of amides is 2. The lowest BCUT2D eigenvalue weighted by Gasteiger charge is -2.16. The SMILES string of the molecule is NNC(=O)C1CC(=O)N(c2cccc([N+](=O)[O-])c2)C1. The molecule has 0 bridgehead atoms. The van der Waals surface area contributed by atoms with E-state index in [4.69, 9.17) is 5.84 Å². The molecule has 19 heavy (non-hydrogen) atoms. The molecule has 3 N–H and O–H groups in total. The van der Waals surface area contributed by atoms with Crippen LogP contribution in [0.15, 0.2) is 24.3 Å². The van der Waals surface area contributed by atoms with Crippen LogP contribution in [0.5, 0.6) is 0 Å². The van der Waals surface area contributed by atoms with Crippen molar-refractivity contribution >= 4 is 23.2 Å². The van der Waals surface area contributed by atoms with Crippen LogP contribution in [-0.2, 0) is 9.59 Å². The van der Waals surface area contributed by atoms with Gasteiger partial charge in [0.05, 0.1) is 16.5 Å². The first-order valence-electron chi connectivity index (χ1n) is 5.58. The van der Waals surface area contributed by atoms with Gasteiger partial charge in [-0.15, -0.1) is 0 Å². The summed E-state index contributed by atoms with van der Waals surface area (Å²) in [6, 6.07) is 5.74. The highest BCUT2D eigenvalue weighted by atomic mass is 16.6. The molecule has 0 spiro atoms. The Morgan fingerprint density at radius 3 is 2.89 bits per heavy atom. The smallest absolute Gasteiger partial charge is 0.271 e. The molecule has 1 aromatic carbocycles. The van der Waals surface area contributed by atoms with Gasteiger partial charge >= 0.3 is 0 Å². The summed E-state index contributed by atoms with van der Waals surface area (Å²) in [6.07, 6.45) is 0.0473. The van der Waals surface area contributed by atoms with Crippen LogP contribution in [0.3, 0.4) is 0 Å². The monoisotopic (exact) mass is 264 g/mol. The Morgan fingerprint density at radius 1 is 1.53 bits per heavy atom. The third kappa shape index (κ3) is 2.52. The van der Waals surface area contributed by atoms with Gasteiger partial charge in [-0.2, -0.15) is 0 Å². The molecule has 1 saturated heterocycles. The number of benzene rings is 1. The van der Waals surface area contributed by atoms with E-state index in [0.717, 1.165) is 0 Å². The maximum atomic E-state index is 11.8. The molecule has 1 atom stereocenters. The summed E-state index contributed by atoms with van der Waals surface area (Å²) in [5, 5.41) is 10.7. The van der Waals surface area contributed by atoms with Crippen molar-refractivity contribution in [2.24, 2.45) is 11.8 Å². The number of non-ortho nitro benzene ring substituents is 1. The lowest BCUT2D eigenvalue weighted by molar-refractivity contribution is -0.384. The molecule has 8 nitrogen and oxygen atoms in total. The van der Waals surface area contributed by atoms with E-state index in [2.05, 4.69) is 0 Å². The summed E-state index contributed by atoms with van der Waals surface area (Å²) in [6.45, 7) is 0.170. The zero-order valence-corrected chi connectivity index (χ0v) is 9.91. The topological polar surface area (TPSA) is 119 Å². The number of carbonyl (C=O) groups is 2. The van der Waals surface area contributed by atoms with E-state index in [1.54, 1.807) is 6.07 Å². The Morgan fingerprint density at radius 2 is 2.26 bits per heavy atom. The van der Waals surface area contributed by atoms with Gasteiger partial charge in [0.2, 0.25) is 11.8 Å². The van der Waals surface area contributed by atoms with Crippen LogP contribution in [0, 0.1) is 16.0 Å². The first-order chi connectivity index (χ1) is 9.02. The van der Waals surface area contributed by atoms with Gasteiger partial charge < -0.3 is 4.90 Å². The predicted octanol–water partition coefficient (Wildman–Crippen LogP) is -0.0624. The van der Waals surface area contributed by atoms with E-state index in [1.807, 2.05) is 5.43 Å². The molecule has 1 unspecified atom stereocenters. The van der Waals surface area contributed by atoms with Gasteiger partial charge in [-0.25, -0.2) is 5.84 Å². The van der Waals surface area contributed by atoms with Crippen LogP contribution in [0.2, 0.25) is 0 Å². The zero-order valence-electron chi connectivity index (χ0n) is 9.91. The van der Waals surface area contributed by atoms with Crippen LogP contribution in [0.1, 0.15) is 6.42 Å². The first kappa shape index (κ1) is 13.0. The van der Waals surface area contributed by atoms with Crippen molar-refractivity contribution in [1.82, 2.24) is 5.43 Å². The number of anilines is 1. The molecule has 1 aromatic rings. The van der Waals surface area contributed by atoms with Crippen LogP contribution in [0.25, 0.3) is 0 Å². The first-order valence-corrected chi connectivity index (χ1v) is 5.58. The molecular weight excluding hydrogens is 252 g/mol. The van der Waals surface area contributed by atoms with Gasteiger partial charge in [-0.05, 0) is 6.07 Å². The van der Waals surface area contributed by atoms with Gasteiger partial charge in [-0.1, -0.05) is 6.07 Å². The Labute approximate surface area is 108 Å². The van der Waals surface area contributed by atoms with Crippen molar-refractivity contribution in [3.63, 3.8) is 0 Å². The number of nitrogens with zero attached hydrogens (tertiary/aromatic N) is 2. The van der Waals surface area contributed by atoms with Crippen molar-refractivity contribution in [3.8, 4) is 0 Å². The zero-order chi connectivity index (χ0) is 14.0. The number of hydrogen-bond acceptors (Lipinski definition) is 5. The van der Waals surface area contributed by atoms with Gasteiger partial charge in [0, 0.05) is 25.1 Å². The van der Waals surface area contributed by atoms with Gasteiger partial charge in [0.1, 0.15) is 0 Å². The van der Waals surface area contributed by atoms with Crippen LogP contribution >= 0.6 is 0 Å². The van der Waals surface area contributed by atoms with E-state index in [1.165, 1.54) is 23.1 Å². The largest absolute Gasteiger partial charge is 0.311 e. The summed E-state index contributed by atoms with van der Waals surface area (Å²) in [7, 11) is 0. The Hall–Kier alpha value is -2.48. The lowest BCUT2D eigenvalue weighted by atomic mass is 10.1. The summed E-state index contributed by atoms with van der Waals surface area (Å²) < 4.78 is 0. The summed E-state index contributed by atoms with van der Waals surface area (Å²) in [4.78, 5) is 34.7. The second kappa shape index (κ2) is 5.02. The van der Waals surface area contributed by atoms with Gasteiger partial charge in [-0.3, -0.25) is 25.1 Å². The molecule has 0 radical (unpaired) electrons. The number of nitro benzene ring substituents is 1. The van der Waals surface area contributed by atoms with E-state index in [-0.39, 0.29) is 24.6 Å². The minimum absolute atomic E-state index is 0.0473. The quantitative estimate of drug-likeness (QED) is 0.343. The van der Waals surface area contributed by atoms with Crippen molar-refractivity contribution in [2.45, 2.75) is 6.42 Å². The Bertz CT molecular complexity index is 545. The van der Waals surface area contributed by atoms with Crippen LogP contribution in [0.4, 0.5) is 11.4 Å². The third-order valence-corrected chi connectivity index (χ3v) is 2.99. The van der Waals surface area contributed by atoms with Gasteiger partial charge in [0.25, 0.3) is 5.69 Å². The third-order valence-electron chi connectivity index (χ3n) is 2.99. The normalized spacial score (nSPS) is 18.5. The second-order valence-corrected chi connectivity index (χ2v) is 4.19. The van der Waals surface area contributed by atoms with E-state index >= 15 is 0 Å². The fourth-order valence-electron chi connectivity index (χ4n) is 2.03. The predicted molar refractivity (Wildman–Crippen MR) is 65.9 cm³/mol. The van der Waals surface area contributed by atoms with Crippen molar-refractivity contribution < 1.29 is 14.5 Å². The lowest BCUT2D eigenvalue weighted by Crippen LogP contribution is -2.37. The number of carbonyl (C=O) groups excluding carboxylic acids is 2. The highest BCUT2D eigenvalue weighted by Crippen LogP contribution is 2.27. The number of rotatable bonds is 3. The molecule has 1 aliphatic heterocycles. The molecule has 1 aliphatic rings. The van der Waals surface area contributed by atoms with Crippen molar-refractivity contribution in [2.75, 3.05) is 11.4 Å². The molecule has 2 rings (SSSR count). The number of hydrogen-bond donors (Lipinski definition) is 2. The Balaban J connectivity index is 2.23. The highest BCUT2D eigenvalue weighted by molar-refractivity contribution is 6.00. The summed E-state index contributed by atoms with van der Waals surface area (Å²) >= 11 is 0. The highest BCUT2D eigenvalue weighted by Gasteiger charge is 2.35. The number of nitro groups is 1. The molecule has 0 saturated carbocycles.